The van der Waals surface area contributed by atoms with Gasteiger partial charge in [-0.1, -0.05) is 23.7 Å². The maximum Gasteiger partial charge on any atom is 0.326 e. The third-order valence-electron chi connectivity index (χ3n) is 3.19. The first-order chi connectivity index (χ1) is 8.56. The molecule has 0 bridgehead atoms. The van der Waals surface area contributed by atoms with Crippen molar-refractivity contribution < 1.29 is 14.7 Å². The Morgan fingerprint density at radius 1 is 1.44 bits per heavy atom. The van der Waals surface area contributed by atoms with E-state index in [-0.39, 0.29) is 11.8 Å². The zero-order valence-corrected chi connectivity index (χ0v) is 10.5. The van der Waals surface area contributed by atoms with Crippen LogP contribution in [0.25, 0.3) is 0 Å². The fraction of sp³-hybridized carbons (Fsp3) is 0.385. The normalized spacial score (nSPS) is 24.2. The molecule has 1 heterocycles. The summed E-state index contributed by atoms with van der Waals surface area (Å²) in [5.41, 5.74) is 0.991. The molecule has 96 valence electrons. The molecule has 2 rings (SSSR count). The molecule has 1 aromatic carbocycles. The molecule has 1 fully saturated rings. The summed E-state index contributed by atoms with van der Waals surface area (Å²) in [4.78, 5) is 22.5. The van der Waals surface area contributed by atoms with Gasteiger partial charge in [-0.05, 0) is 36.5 Å². The monoisotopic (exact) mass is 267 g/mol. The second kappa shape index (κ2) is 5.40. The number of rotatable bonds is 2. The smallest absolute Gasteiger partial charge is 0.326 e. The van der Waals surface area contributed by atoms with Crippen molar-refractivity contribution in [2.45, 2.75) is 31.2 Å². The standard InChI is InChI=1S/C13H14ClNO3/c14-10-3-1-2-8(6-10)9-4-5-12(16)15-11(7-9)13(17)18/h1-3,6,9,11H,4-5,7H2,(H,15,16)(H,17,18). The first kappa shape index (κ1) is 12.9. The van der Waals surface area contributed by atoms with Gasteiger partial charge in [0.25, 0.3) is 0 Å². The number of aliphatic carboxylic acids is 1. The molecule has 0 spiro atoms. The largest absolute Gasteiger partial charge is 0.480 e. The summed E-state index contributed by atoms with van der Waals surface area (Å²) in [7, 11) is 0. The van der Waals surface area contributed by atoms with Crippen molar-refractivity contribution in [1.29, 1.82) is 0 Å². The maximum absolute atomic E-state index is 11.4. The van der Waals surface area contributed by atoms with E-state index in [1.54, 1.807) is 6.07 Å². The van der Waals surface area contributed by atoms with Crippen LogP contribution in [-0.4, -0.2) is 23.0 Å². The molecule has 1 aliphatic rings. The molecule has 18 heavy (non-hydrogen) atoms. The van der Waals surface area contributed by atoms with E-state index in [1.807, 2.05) is 18.2 Å². The van der Waals surface area contributed by atoms with Crippen molar-refractivity contribution in [2.24, 2.45) is 0 Å². The number of carboxylic acid groups (broad SMARTS) is 1. The molecule has 2 atom stereocenters. The Bertz CT molecular complexity index is 475. The van der Waals surface area contributed by atoms with Crippen LogP contribution in [-0.2, 0) is 9.59 Å². The number of carbonyl (C=O) groups is 2. The van der Waals surface area contributed by atoms with Gasteiger partial charge >= 0.3 is 5.97 Å². The summed E-state index contributed by atoms with van der Waals surface area (Å²) in [6, 6.07) is 6.56. The minimum atomic E-state index is -0.989. The highest BCUT2D eigenvalue weighted by atomic mass is 35.5. The molecule has 0 aromatic heterocycles. The lowest BCUT2D eigenvalue weighted by Gasteiger charge is -2.17. The van der Waals surface area contributed by atoms with Crippen LogP contribution in [0.2, 0.25) is 5.02 Å². The number of benzene rings is 1. The Morgan fingerprint density at radius 2 is 2.22 bits per heavy atom. The van der Waals surface area contributed by atoms with Gasteiger partial charge in [0.2, 0.25) is 5.91 Å². The van der Waals surface area contributed by atoms with Gasteiger partial charge in [0.05, 0.1) is 0 Å². The number of hydrogen-bond donors (Lipinski definition) is 2. The zero-order chi connectivity index (χ0) is 13.1. The first-order valence-electron chi connectivity index (χ1n) is 5.84. The molecule has 2 unspecified atom stereocenters. The molecule has 2 N–H and O–H groups in total. The van der Waals surface area contributed by atoms with Crippen molar-refractivity contribution in [3.05, 3.63) is 34.9 Å². The molecule has 4 nitrogen and oxygen atoms in total. The Morgan fingerprint density at radius 3 is 2.89 bits per heavy atom. The molecule has 5 heteroatoms. The number of carbonyl (C=O) groups excluding carboxylic acids is 1. The molecule has 1 saturated heterocycles. The quantitative estimate of drug-likeness (QED) is 0.863. The highest BCUT2D eigenvalue weighted by Gasteiger charge is 2.28. The number of hydrogen-bond acceptors (Lipinski definition) is 2. The summed E-state index contributed by atoms with van der Waals surface area (Å²) in [6.07, 6.45) is 1.40. The van der Waals surface area contributed by atoms with Crippen LogP contribution < -0.4 is 5.32 Å². The minimum absolute atomic E-state index is 0.0451. The fourth-order valence-electron chi connectivity index (χ4n) is 2.26. The average Bonchev–Trinajstić information content (AvgIpc) is 2.51. The summed E-state index contributed by atoms with van der Waals surface area (Å²) < 4.78 is 0. The molecule has 1 aliphatic heterocycles. The summed E-state index contributed by atoms with van der Waals surface area (Å²) in [5, 5.41) is 12.2. The second-order valence-corrected chi connectivity index (χ2v) is 4.92. The lowest BCUT2D eigenvalue weighted by atomic mass is 9.89. The van der Waals surface area contributed by atoms with Crippen LogP contribution in [0.5, 0.6) is 0 Å². The molecule has 0 radical (unpaired) electrons. The first-order valence-corrected chi connectivity index (χ1v) is 6.21. The van der Waals surface area contributed by atoms with E-state index in [4.69, 9.17) is 16.7 Å². The molecule has 1 amide bonds. The molecule has 1 aromatic rings. The van der Waals surface area contributed by atoms with Gasteiger partial charge in [-0.2, -0.15) is 0 Å². The highest BCUT2D eigenvalue weighted by molar-refractivity contribution is 6.30. The van der Waals surface area contributed by atoms with E-state index < -0.39 is 12.0 Å². The van der Waals surface area contributed by atoms with E-state index in [2.05, 4.69) is 5.32 Å². The van der Waals surface area contributed by atoms with Crippen LogP contribution in [0.4, 0.5) is 0 Å². The van der Waals surface area contributed by atoms with Crippen LogP contribution in [0.3, 0.4) is 0 Å². The Hall–Kier alpha value is -1.55. The fourth-order valence-corrected chi connectivity index (χ4v) is 2.46. The van der Waals surface area contributed by atoms with Crippen molar-refractivity contribution in [3.8, 4) is 0 Å². The lowest BCUT2D eigenvalue weighted by molar-refractivity contribution is -0.141. The third-order valence-corrected chi connectivity index (χ3v) is 3.43. The zero-order valence-electron chi connectivity index (χ0n) is 9.73. The van der Waals surface area contributed by atoms with E-state index >= 15 is 0 Å². The van der Waals surface area contributed by atoms with Gasteiger partial charge in [-0.25, -0.2) is 4.79 Å². The van der Waals surface area contributed by atoms with Gasteiger partial charge in [0.1, 0.15) is 6.04 Å². The van der Waals surface area contributed by atoms with E-state index in [0.29, 0.717) is 24.3 Å². The van der Waals surface area contributed by atoms with Crippen LogP contribution >= 0.6 is 11.6 Å². The van der Waals surface area contributed by atoms with E-state index in [1.165, 1.54) is 0 Å². The summed E-state index contributed by atoms with van der Waals surface area (Å²) >= 11 is 5.93. The third kappa shape index (κ3) is 3.01. The van der Waals surface area contributed by atoms with Gasteiger partial charge < -0.3 is 10.4 Å². The minimum Gasteiger partial charge on any atom is -0.480 e. The molecular formula is C13H14ClNO3. The molecular weight excluding hydrogens is 254 g/mol. The number of carboxylic acids is 1. The Kier molecular flexibility index (Phi) is 3.87. The van der Waals surface area contributed by atoms with Crippen LogP contribution in [0.1, 0.15) is 30.7 Å². The van der Waals surface area contributed by atoms with Gasteiger partial charge in [-0.15, -0.1) is 0 Å². The SMILES string of the molecule is O=C1CCC(c2cccc(Cl)c2)CC(C(=O)O)N1. The summed E-state index contributed by atoms with van der Waals surface area (Å²) in [6.45, 7) is 0. The highest BCUT2D eigenvalue weighted by Crippen LogP contribution is 2.30. The van der Waals surface area contributed by atoms with Gasteiger partial charge in [0, 0.05) is 11.4 Å². The van der Waals surface area contributed by atoms with Crippen molar-refractivity contribution in [1.82, 2.24) is 5.32 Å². The van der Waals surface area contributed by atoms with Crippen molar-refractivity contribution in [3.63, 3.8) is 0 Å². The lowest BCUT2D eigenvalue weighted by Crippen LogP contribution is -2.39. The molecule has 0 aliphatic carbocycles. The topological polar surface area (TPSA) is 66.4 Å². The number of nitrogens with one attached hydrogen (secondary N) is 1. The Labute approximate surface area is 110 Å². The van der Waals surface area contributed by atoms with E-state index in [9.17, 15) is 9.59 Å². The molecule has 0 saturated carbocycles. The van der Waals surface area contributed by atoms with Crippen molar-refractivity contribution >= 4 is 23.5 Å². The summed E-state index contributed by atoms with van der Waals surface area (Å²) in [5.74, 6) is -1.15. The van der Waals surface area contributed by atoms with Gasteiger partial charge in [-0.3, -0.25) is 4.79 Å². The number of halogens is 1. The van der Waals surface area contributed by atoms with Crippen LogP contribution in [0, 0.1) is 0 Å². The second-order valence-electron chi connectivity index (χ2n) is 4.48. The predicted octanol–water partition coefficient (Wildman–Crippen LogP) is 2.18. The maximum atomic E-state index is 11.4. The average molecular weight is 268 g/mol. The predicted molar refractivity (Wildman–Crippen MR) is 67.6 cm³/mol. The Balaban J connectivity index is 2.22. The van der Waals surface area contributed by atoms with E-state index in [0.717, 1.165) is 5.56 Å². The van der Waals surface area contributed by atoms with Crippen LogP contribution in [0.15, 0.2) is 24.3 Å². The van der Waals surface area contributed by atoms with Gasteiger partial charge in [0.15, 0.2) is 0 Å². The van der Waals surface area contributed by atoms with Crippen molar-refractivity contribution in [2.75, 3.05) is 0 Å². The number of amides is 1.